The van der Waals surface area contributed by atoms with Gasteiger partial charge in [-0.2, -0.15) is 0 Å². The quantitative estimate of drug-likeness (QED) is 0.510. The second kappa shape index (κ2) is 1.90. The molecular weight excluding hydrogens is 116 g/mol. The van der Waals surface area contributed by atoms with Gasteiger partial charge in [0, 0.05) is 14.1 Å². The smallest absolute Gasteiger partial charge is 0.307 e. The molecule has 1 aliphatic heterocycles. The Bertz CT molecular complexity index is 123. The maximum atomic E-state index is 10.8. The second-order valence-electron chi connectivity index (χ2n) is 2.39. The first-order chi connectivity index (χ1) is 4.18. The van der Waals surface area contributed by atoms with Crippen molar-refractivity contribution >= 4 is 6.03 Å². The van der Waals surface area contributed by atoms with Crippen LogP contribution in [0, 0.1) is 0 Å². The summed E-state index contributed by atoms with van der Waals surface area (Å²) in [5.41, 5.74) is 0. The number of hydrogen-bond donors (Lipinski definition) is 0. The number of urea groups is 1. The van der Waals surface area contributed by atoms with E-state index in [0.717, 1.165) is 6.42 Å². The molecule has 1 fully saturated rings. The third-order valence-electron chi connectivity index (χ3n) is 1.86. The van der Waals surface area contributed by atoms with Gasteiger partial charge in [-0.15, -0.1) is 0 Å². The lowest BCUT2D eigenvalue weighted by atomic mass is 10.2. The predicted molar refractivity (Wildman–Crippen MR) is 35.0 cm³/mol. The number of amides is 2. The SMILES string of the molecule is CCC1N(C)C(=O)N1C. The Balaban J connectivity index is 2.51. The van der Waals surface area contributed by atoms with Crippen LogP contribution in [0.4, 0.5) is 4.79 Å². The van der Waals surface area contributed by atoms with Crippen LogP contribution >= 0.6 is 0 Å². The van der Waals surface area contributed by atoms with Gasteiger partial charge in [0.2, 0.25) is 0 Å². The molecule has 0 aliphatic carbocycles. The van der Waals surface area contributed by atoms with Crippen molar-refractivity contribution in [1.82, 2.24) is 9.80 Å². The van der Waals surface area contributed by atoms with Crippen molar-refractivity contribution in [2.45, 2.75) is 19.5 Å². The molecule has 1 saturated heterocycles. The van der Waals surface area contributed by atoms with Gasteiger partial charge in [-0.05, 0) is 6.42 Å². The largest absolute Gasteiger partial charge is 0.322 e. The average molecular weight is 128 g/mol. The summed E-state index contributed by atoms with van der Waals surface area (Å²) in [6, 6.07) is 0.127. The minimum Gasteiger partial charge on any atom is -0.307 e. The van der Waals surface area contributed by atoms with E-state index in [-0.39, 0.29) is 6.03 Å². The molecule has 2 amide bonds. The molecule has 3 heteroatoms. The molecular formula is C6H12N2O. The zero-order valence-electron chi connectivity index (χ0n) is 6.09. The lowest BCUT2D eigenvalue weighted by Crippen LogP contribution is -2.63. The Kier molecular flexibility index (Phi) is 1.35. The second-order valence-corrected chi connectivity index (χ2v) is 2.39. The van der Waals surface area contributed by atoms with E-state index in [9.17, 15) is 4.79 Å². The van der Waals surface area contributed by atoms with Crippen molar-refractivity contribution in [2.24, 2.45) is 0 Å². The van der Waals surface area contributed by atoms with E-state index >= 15 is 0 Å². The first-order valence-electron chi connectivity index (χ1n) is 3.18. The molecule has 0 aromatic carbocycles. The van der Waals surface area contributed by atoms with Crippen molar-refractivity contribution in [1.29, 1.82) is 0 Å². The third kappa shape index (κ3) is 0.677. The van der Waals surface area contributed by atoms with E-state index in [1.54, 1.807) is 9.80 Å². The molecule has 1 rings (SSSR count). The Morgan fingerprint density at radius 3 is 2.11 bits per heavy atom. The predicted octanol–water partition coefficient (Wildman–Crippen LogP) is 0.720. The standard InChI is InChI=1S/C6H12N2O/c1-4-5-7(2)6(9)8(5)3/h5H,4H2,1-3H3. The van der Waals surface area contributed by atoms with Crippen LogP contribution in [0.25, 0.3) is 0 Å². The highest BCUT2D eigenvalue weighted by Gasteiger charge is 2.36. The van der Waals surface area contributed by atoms with Crippen molar-refractivity contribution in [3.05, 3.63) is 0 Å². The summed E-state index contributed by atoms with van der Waals surface area (Å²) >= 11 is 0. The maximum absolute atomic E-state index is 10.8. The number of rotatable bonds is 1. The third-order valence-corrected chi connectivity index (χ3v) is 1.86. The van der Waals surface area contributed by atoms with Crippen LogP contribution in [0.2, 0.25) is 0 Å². The van der Waals surface area contributed by atoms with Crippen molar-refractivity contribution < 1.29 is 4.79 Å². The molecule has 0 radical (unpaired) electrons. The van der Waals surface area contributed by atoms with Gasteiger partial charge in [0.15, 0.2) is 0 Å². The Hall–Kier alpha value is -0.730. The molecule has 1 aliphatic rings. The summed E-state index contributed by atoms with van der Waals surface area (Å²) in [7, 11) is 3.66. The lowest BCUT2D eigenvalue weighted by Gasteiger charge is -2.46. The van der Waals surface area contributed by atoms with Crippen molar-refractivity contribution in [3.63, 3.8) is 0 Å². The zero-order valence-corrected chi connectivity index (χ0v) is 6.09. The number of carbonyl (C=O) groups is 1. The highest BCUT2D eigenvalue weighted by atomic mass is 16.2. The molecule has 1 heterocycles. The van der Waals surface area contributed by atoms with Gasteiger partial charge in [-0.3, -0.25) is 0 Å². The molecule has 0 aromatic heterocycles. The lowest BCUT2D eigenvalue weighted by molar-refractivity contribution is 0.0237. The van der Waals surface area contributed by atoms with Crippen LogP contribution in [-0.4, -0.2) is 36.1 Å². The van der Waals surface area contributed by atoms with E-state index in [1.165, 1.54) is 0 Å². The van der Waals surface area contributed by atoms with Crippen LogP contribution in [0.15, 0.2) is 0 Å². The maximum Gasteiger partial charge on any atom is 0.322 e. The molecule has 0 spiro atoms. The fourth-order valence-corrected chi connectivity index (χ4v) is 1.26. The Morgan fingerprint density at radius 2 is 1.89 bits per heavy atom. The normalized spacial score (nSPS) is 20.6. The van der Waals surface area contributed by atoms with E-state index < -0.39 is 0 Å². The number of hydrogen-bond acceptors (Lipinski definition) is 1. The van der Waals surface area contributed by atoms with Gasteiger partial charge in [-0.25, -0.2) is 4.79 Å². The summed E-state index contributed by atoms with van der Waals surface area (Å²) in [6.07, 6.45) is 1.36. The highest BCUT2D eigenvalue weighted by Crippen LogP contribution is 2.18. The van der Waals surface area contributed by atoms with E-state index in [2.05, 4.69) is 6.92 Å². The first-order valence-corrected chi connectivity index (χ1v) is 3.18. The molecule has 0 atom stereocenters. The Morgan fingerprint density at radius 1 is 1.44 bits per heavy atom. The van der Waals surface area contributed by atoms with Crippen molar-refractivity contribution in [2.75, 3.05) is 14.1 Å². The number of nitrogens with zero attached hydrogens (tertiary/aromatic N) is 2. The molecule has 0 bridgehead atoms. The van der Waals surface area contributed by atoms with Gasteiger partial charge in [0.05, 0.1) is 0 Å². The van der Waals surface area contributed by atoms with Gasteiger partial charge in [0.1, 0.15) is 6.17 Å². The summed E-state index contributed by atoms with van der Waals surface area (Å²) in [6.45, 7) is 2.07. The summed E-state index contributed by atoms with van der Waals surface area (Å²) in [5, 5.41) is 0. The topological polar surface area (TPSA) is 23.6 Å². The Labute approximate surface area is 55.2 Å². The highest BCUT2D eigenvalue weighted by molar-refractivity contribution is 5.79. The first kappa shape index (κ1) is 6.39. The molecule has 0 saturated carbocycles. The minimum absolute atomic E-state index is 0.127. The van der Waals surface area contributed by atoms with Crippen LogP contribution in [0.1, 0.15) is 13.3 Å². The van der Waals surface area contributed by atoms with Crippen LogP contribution in [0.3, 0.4) is 0 Å². The molecule has 3 nitrogen and oxygen atoms in total. The molecule has 0 unspecified atom stereocenters. The van der Waals surface area contributed by atoms with E-state index in [4.69, 9.17) is 0 Å². The molecule has 9 heavy (non-hydrogen) atoms. The monoisotopic (exact) mass is 128 g/mol. The summed E-state index contributed by atoms with van der Waals surface area (Å²) in [5.74, 6) is 0. The molecule has 0 aromatic rings. The van der Waals surface area contributed by atoms with E-state index in [1.807, 2.05) is 14.1 Å². The molecule has 52 valence electrons. The number of carbonyl (C=O) groups excluding carboxylic acids is 1. The summed E-state index contributed by atoms with van der Waals surface area (Å²) < 4.78 is 0. The fourth-order valence-electron chi connectivity index (χ4n) is 1.26. The minimum atomic E-state index is 0.127. The fraction of sp³-hybridized carbons (Fsp3) is 0.833. The van der Waals surface area contributed by atoms with E-state index in [0.29, 0.717) is 6.17 Å². The van der Waals surface area contributed by atoms with Gasteiger partial charge in [0.25, 0.3) is 0 Å². The summed E-state index contributed by atoms with van der Waals surface area (Å²) in [4.78, 5) is 14.3. The van der Waals surface area contributed by atoms with Crippen molar-refractivity contribution in [3.8, 4) is 0 Å². The van der Waals surface area contributed by atoms with Gasteiger partial charge in [-0.1, -0.05) is 6.92 Å². The van der Waals surface area contributed by atoms with Crippen LogP contribution < -0.4 is 0 Å². The zero-order chi connectivity index (χ0) is 7.02. The average Bonchev–Trinajstić information content (AvgIpc) is 1.89. The van der Waals surface area contributed by atoms with Gasteiger partial charge < -0.3 is 9.80 Å². The van der Waals surface area contributed by atoms with Crippen LogP contribution in [0.5, 0.6) is 0 Å². The van der Waals surface area contributed by atoms with Gasteiger partial charge >= 0.3 is 6.03 Å². The van der Waals surface area contributed by atoms with Crippen LogP contribution in [-0.2, 0) is 0 Å². The molecule has 0 N–H and O–H groups in total.